The quantitative estimate of drug-likeness (QED) is 0.801. The van der Waals surface area contributed by atoms with Crippen molar-refractivity contribution in [3.8, 4) is 23.8 Å². The first-order valence-corrected chi connectivity index (χ1v) is 5.12. The summed E-state index contributed by atoms with van der Waals surface area (Å²) in [6.45, 7) is 1.73. The Morgan fingerprint density at radius 3 is 2.65 bits per heavy atom. The smallest absolute Gasteiger partial charge is 0.256 e. The summed E-state index contributed by atoms with van der Waals surface area (Å²) in [5.41, 5.74) is 0.397. The van der Waals surface area contributed by atoms with Crippen molar-refractivity contribution < 1.29 is 14.3 Å². The van der Waals surface area contributed by atoms with Crippen LogP contribution in [0.25, 0.3) is 0 Å². The second kappa shape index (κ2) is 5.80. The van der Waals surface area contributed by atoms with E-state index in [0.717, 1.165) is 0 Å². The Hall–Kier alpha value is -2.15. The third kappa shape index (κ3) is 2.91. The van der Waals surface area contributed by atoms with Crippen LogP contribution >= 0.6 is 0 Å². The fourth-order valence-corrected chi connectivity index (χ4v) is 1.38. The van der Waals surface area contributed by atoms with Gasteiger partial charge in [0, 0.05) is 0 Å². The monoisotopic (exact) mass is 233 g/mol. The van der Waals surface area contributed by atoms with Crippen molar-refractivity contribution in [3.05, 3.63) is 23.8 Å². The number of hydrogen-bond acceptors (Lipinski definition) is 3. The lowest BCUT2D eigenvalue weighted by Gasteiger charge is -2.13. The highest BCUT2D eigenvalue weighted by atomic mass is 16.5. The third-order valence-corrected chi connectivity index (χ3v) is 2.25. The molecule has 90 valence electrons. The Morgan fingerprint density at radius 2 is 2.12 bits per heavy atom. The summed E-state index contributed by atoms with van der Waals surface area (Å²) in [7, 11) is 3.00. The summed E-state index contributed by atoms with van der Waals surface area (Å²) in [6.07, 6.45) is 5.20. The Balaban J connectivity index is 3.05. The van der Waals surface area contributed by atoms with Gasteiger partial charge in [0.1, 0.15) is 0 Å². The normalized spacial score (nSPS) is 11.2. The van der Waals surface area contributed by atoms with Crippen molar-refractivity contribution in [1.82, 2.24) is 5.32 Å². The largest absolute Gasteiger partial charge is 0.493 e. The fraction of sp³-hybridized carbons (Fsp3) is 0.308. The molecule has 0 spiro atoms. The number of carbonyl (C=O) groups is 1. The second-order valence-electron chi connectivity index (χ2n) is 3.40. The first-order valence-electron chi connectivity index (χ1n) is 5.12. The number of rotatable bonds is 4. The molecule has 0 aliphatic heterocycles. The highest BCUT2D eigenvalue weighted by Crippen LogP contribution is 2.30. The van der Waals surface area contributed by atoms with Crippen molar-refractivity contribution in [3.63, 3.8) is 0 Å². The van der Waals surface area contributed by atoms with E-state index in [-0.39, 0.29) is 11.9 Å². The Kier molecular flexibility index (Phi) is 4.41. The zero-order valence-electron chi connectivity index (χ0n) is 10.1. The van der Waals surface area contributed by atoms with E-state index in [1.54, 1.807) is 25.1 Å². The molecule has 0 aliphatic carbocycles. The second-order valence-corrected chi connectivity index (χ2v) is 3.40. The number of amides is 1. The van der Waals surface area contributed by atoms with Crippen molar-refractivity contribution in [1.29, 1.82) is 0 Å². The predicted octanol–water partition coefficient (Wildman–Crippen LogP) is 1.46. The molecule has 4 nitrogen and oxygen atoms in total. The lowest BCUT2D eigenvalue weighted by atomic mass is 10.1. The number of benzene rings is 1. The van der Waals surface area contributed by atoms with Crippen molar-refractivity contribution in [2.75, 3.05) is 14.2 Å². The van der Waals surface area contributed by atoms with Crippen LogP contribution in [0.3, 0.4) is 0 Å². The number of hydrogen-bond donors (Lipinski definition) is 1. The van der Waals surface area contributed by atoms with Gasteiger partial charge in [0.05, 0.1) is 25.8 Å². The van der Waals surface area contributed by atoms with Gasteiger partial charge in [-0.15, -0.1) is 6.42 Å². The van der Waals surface area contributed by atoms with Gasteiger partial charge in [-0.1, -0.05) is 12.0 Å². The average molecular weight is 233 g/mol. The summed E-state index contributed by atoms with van der Waals surface area (Å²) in [6, 6.07) is 4.76. The number of nitrogens with one attached hydrogen (secondary N) is 1. The summed E-state index contributed by atoms with van der Waals surface area (Å²) in [4.78, 5) is 11.9. The summed E-state index contributed by atoms with van der Waals surface area (Å²) < 4.78 is 10.3. The maximum atomic E-state index is 11.9. The molecule has 0 fully saturated rings. The van der Waals surface area contributed by atoms with Crippen LogP contribution in [0, 0.1) is 12.3 Å². The van der Waals surface area contributed by atoms with Gasteiger partial charge < -0.3 is 14.8 Å². The van der Waals surface area contributed by atoms with Gasteiger partial charge >= 0.3 is 0 Å². The van der Waals surface area contributed by atoms with Gasteiger partial charge in [-0.25, -0.2) is 0 Å². The van der Waals surface area contributed by atoms with E-state index in [2.05, 4.69) is 11.2 Å². The van der Waals surface area contributed by atoms with E-state index in [4.69, 9.17) is 15.9 Å². The molecular formula is C13H15NO3. The molecule has 0 aromatic heterocycles. The number of ether oxygens (including phenoxy) is 2. The maximum absolute atomic E-state index is 11.9. The number of carbonyl (C=O) groups excluding carboxylic acids is 1. The summed E-state index contributed by atoms with van der Waals surface area (Å²) in [5.74, 6) is 3.05. The Labute approximate surface area is 101 Å². The molecule has 1 atom stereocenters. The molecule has 0 aliphatic rings. The number of para-hydroxylation sites is 1. The molecule has 1 N–H and O–H groups in total. The van der Waals surface area contributed by atoms with Crippen molar-refractivity contribution in [2.45, 2.75) is 13.0 Å². The highest BCUT2D eigenvalue weighted by molar-refractivity contribution is 5.98. The van der Waals surface area contributed by atoms with Crippen LogP contribution in [0.15, 0.2) is 18.2 Å². The molecular weight excluding hydrogens is 218 g/mol. The van der Waals surface area contributed by atoms with E-state index in [9.17, 15) is 4.79 Å². The zero-order valence-corrected chi connectivity index (χ0v) is 10.1. The van der Waals surface area contributed by atoms with Crippen molar-refractivity contribution >= 4 is 5.91 Å². The van der Waals surface area contributed by atoms with Crippen LogP contribution in [0.2, 0.25) is 0 Å². The molecule has 1 rings (SSSR count). The van der Waals surface area contributed by atoms with Crippen molar-refractivity contribution in [2.24, 2.45) is 0 Å². The van der Waals surface area contributed by atoms with E-state index >= 15 is 0 Å². The lowest BCUT2D eigenvalue weighted by Crippen LogP contribution is -2.31. The first-order chi connectivity index (χ1) is 8.13. The molecule has 1 amide bonds. The van der Waals surface area contributed by atoms with Gasteiger partial charge in [-0.05, 0) is 19.1 Å². The standard InChI is InChI=1S/C13H15NO3/c1-5-9(2)14-13(15)10-7-6-8-11(16-3)12(10)17-4/h1,6-9H,2-4H3,(H,14,15). The first kappa shape index (κ1) is 12.9. The number of methoxy groups -OCH3 is 2. The van der Waals surface area contributed by atoms with Gasteiger partial charge in [0.25, 0.3) is 5.91 Å². The molecule has 4 heteroatoms. The Morgan fingerprint density at radius 1 is 1.41 bits per heavy atom. The summed E-state index contributed by atoms with van der Waals surface area (Å²) in [5, 5.41) is 2.66. The van der Waals surface area contributed by atoms with Crippen LogP contribution < -0.4 is 14.8 Å². The van der Waals surface area contributed by atoms with Gasteiger partial charge in [-0.3, -0.25) is 4.79 Å². The van der Waals surface area contributed by atoms with Crippen LogP contribution in [0.4, 0.5) is 0 Å². The fourth-order valence-electron chi connectivity index (χ4n) is 1.38. The average Bonchev–Trinajstić information content (AvgIpc) is 2.37. The van der Waals surface area contributed by atoms with Crippen LogP contribution in [-0.4, -0.2) is 26.2 Å². The number of terminal acetylenes is 1. The van der Waals surface area contributed by atoms with Crippen LogP contribution in [0.5, 0.6) is 11.5 Å². The van der Waals surface area contributed by atoms with E-state index in [1.807, 2.05) is 0 Å². The van der Waals surface area contributed by atoms with E-state index in [0.29, 0.717) is 17.1 Å². The van der Waals surface area contributed by atoms with E-state index in [1.165, 1.54) is 14.2 Å². The minimum absolute atomic E-state index is 0.286. The van der Waals surface area contributed by atoms with E-state index < -0.39 is 0 Å². The molecule has 0 heterocycles. The molecule has 0 radical (unpaired) electrons. The Bertz CT molecular complexity index is 448. The lowest BCUT2D eigenvalue weighted by molar-refractivity contribution is 0.0944. The van der Waals surface area contributed by atoms with Gasteiger partial charge in [0.15, 0.2) is 11.5 Å². The molecule has 0 saturated carbocycles. The highest BCUT2D eigenvalue weighted by Gasteiger charge is 2.16. The summed E-state index contributed by atoms with van der Waals surface area (Å²) >= 11 is 0. The SMILES string of the molecule is C#CC(C)NC(=O)c1cccc(OC)c1OC. The molecule has 17 heavy (non-hydrogen) atoms. The van der Waals surface area contributed by atoms with Crippen LogP contribution in [0.1, 0.15) is 17.3 Å². The predicted molar refractivity (Wildman–Crippen MR) is 65.3 cm³/mol. The topological polar surface area (TPSA) is 47.6 Å². The molecule has 0 bridgehead atoms. The van der Waals surface area contributed by atoms with Gasteiger partial charge in [-0.2, -0.15) is 0 Å². The third-order valence-electron chi connectivity index (χ3n) is 2.25. The maximum Gasteiger partial charge on any atom is 0.256 e. The zero-order chi connectivity index (χ0) is 12.8. The van der Waals surface area contributed by atoms with Crippen LogP contribution in [-0.2, 0) is 0 Å². The molecule has 1 unspecified atom stereocenters. The molecule has 1 aromatic carbocycles. The van der Waals surface area contributed by atoms with Gasteiger partial charge in [0.2, 0.25) is 0 Å². The molecule has 1 aromatic rings. The minimum atomic E-state index is -0.335. The minimum Gasteiger partial charge on any atom is -0.493 e. The molecule has 0 saturated heterocycles.